The minimum absolute atomic E-state index is 0.0276. The molecule has 1 unspecified atom stereocenters. The predicted molar refractivity (Wildman–Crippen MR) is 79.3 cm³/mol. The number of carbonyl (C=O) groups is 1. The number of hydrogen-bond acceptors (Lipinski definition) is 3. The summed E-state index contributed by atoms with van der Waals surface area (Å²) in [6.07, 6.45) is 2.05. The number of hydrogen-bond donors (Lipinski definition) is 1. The molecular weight excluding hydrogens is 269 g/mol. The fraction of sp³-hybridized carbons (Fsp3) is 0.562. The quantitative estimate of drug-likeness (QED) is 0.909. The van der Waals surface area contributed by atoms with Gasteiger partial charge in [-0.1, -0.05) is 12.1 Å². The van der Waals surface area contributed by atoms with Crippen molar-refractivity contribution in [1.82, 2.24) is 15.1 Å². The molecule has 1 atom stereocenters. The van der Waals surface area contributed by atoms with E-state index in [1.165, 1.54) is 6.07 Å². The first-order valence-corrected chi connectivity index (χ1v) is 7.71. The summed E-state index contributed by atoms with van der Waals surface area (Å²) in [6.45, 7) is 4.96. The van der Waals surface area contributed by atoms with Gasteiger partial charge in [-0.3, -0.25) is 9.69 Å². The van der Waals surface area contributed by atoms with E-state index < -0.39 is 0 Å². The van der Waals surface area contributed by atoms with E-state index in [1.54, 1.807) is 12.1 Å². The molecule has 2 aliphatic heterocycles. The monoisotopic (exact) mass is 291 g/mol. The Bertz CT molecular complexity index is 494. The van der Waals surface area contributed by atoms with Gasteiger partial charge in [0, 0.05) is 32.7 Å². The highest BCUT2D eigenvalue weighted by Gasteiger charge is 2.29. The largest absolute Gasteiger partial charge is 0.339 e. The summed E-state index contributed by atoms with van der Waals surface area (Å²) in [5, 5.41) is 3.26. The van der Waals surface area contributed by atoms with Crippen molar-refractivity contribution in [3.8, 4) is 0 Å². The van der Waals surface area contributed by atoms with E-state index in [0.29, 0.717) is 0 Å². The zero-order valence-electron chi connectivity index (χ0n) is 12.2. The number of benzene rings is 1. The summed E-state index contributed by atoms with van der Waals surface area (Å²) in [5.41, 5.74) is 0.993. The van der Waals surface area contributed by atoms with Gasteiger partial charge in [0.1, 0.15) is 5.82 Å². The van der Waals surface area contributed by atoms with Gasteiger partial charge in [-0.25, -0.2) is 4.39 Å². The van der Waals surface area contributed by atoms with Gasteiger partial charge >= 0.3 is 0 Å². The molecule has 21 heavy (non-hydrogen) atoms. The molecule has 0 radical (unpaired) electrons. The third kappa shape index (κ3) is 3.60. The van der Waals surface area contributed by atoms with Crippen molar-refractivity contribution < 1.29 is 9.18 Å². The first-order valence-electron chi connectivity index (χ1n) is 7.71. The van der Waals surface area contributed by atoms with E-state index in [-0.39, 0.29) is 17.8 Å². The topological polar surface area (TPSA) is 35.6 Å². The fourth-order valence-electron chi connectivity index (χ4n) is 3.14. The number of halogens is 1. The highest BCUT2D eigenvalue weighted by Crippen LogP contribution is 2.13. The van der Waals surface area contributed by atoms with E-state index in [1.807, 2.05) is 11.0 Å². The maximum atomic E-state index is 13.2. The molecule has 0 aliphatic carbocycles. The van der Waals surface area contributed by atoms with Crippen LogP contribution in [-0.2, 0) is 11.3 Å². The lowest BCUT2D eigenvalue weighted by Gasteiger charge is -2.36. The van der Waals surface area contributed by atoms with Crippen LogP contribution in [0.3, 0.4) is 0 Å². The Labute approximate surface area is 124 Å². The molecule has 114 valence electrons. The minimum atomic E-state index is -0.186. The van der Waals surface area contributed by atoms with Gasteiger partial charge in [-0.2, -0.15) is 0 Å². The van der Waals surface area contributed by atoms with E-state index >= 15 is 0 Å². The predicted octanol–water partition coefficient (Wildman–Crippen LogP) is 1.22. The van der Waals surface area contributed by atoms with Crippen LogP contribution in [0.4, 0.5) is 4.39 Å². The molecule has 0 spiro atoms. The lowest BCUT2D eigenvalue weighted by Crippen LogP contribution is -2.52. The molecule has 3 rings (SSSR count). The fourth-order valence-corrected chi connectivity index (χ4v) is 3.14. The molecule has 4 nitrogen and oxygen atoms in total. The van der Waals surface area contributed by atoms with Crippen LogP contribution in [0, 0.1) is 5.82 Å². The third-order valence-electron chi connectivity index (χ3n) is 4.34. The van der Waals surface area contributed by atoms with Crippen LogP contribution < -0.4 is 5.32 Å². The molecule has 2 aliphatic rings. The van der Waals surface area contributed by atoms with Crippen LogP contribution in [0.2, 0.25) is 0 Å². The first-order chi connectivity index (χ1) is 10.2. The molecule has 1 aromatic carbocycles. The van der Waals surface area contributed by atoms with Crippen molar-refractivity contribution in [2.24, 2.45) is 0 Å². The molecule has 0 saturated carbocycles. The second kappa shape index (κ2) is 6.54. The van der Waals surface area contributed by atoms with Crippen molar-refractivity contribution in [2.45, 2.75) is 25.4 Å². The first kappa shape index (κ1) is 14.5. The molecule has 0 bridgehead atoms. The van der Waals surface area contributed by atoms with Crippen molar-refractivity contribution in [3.05, 3.63) is 35.6 Å². The summed E-state index contributed by atoms with van der Waals surface area (Å²) < 4.78 is 13.2. The smallest absolute Gasteiger partial charge is 0.239 e. The summed E-state index contributed by atoms with van der Waals surface area (Å²) >= 11 is 0. The second-order valence-corrected chi connectivity index (χ2v) is 5.88. The Balaban J connectivity index is 1.49. The van der Waals surface area contributed by atoms with Crippen molar-refractivity contribution in [2.75, 3.05) is 32.7 Å². The SMILES string of the molecule is O=C(C1CCCN1)N1CCN(Cc2cccc(F)c2)CC1. The van der Waals surface area contributed by atoms with Gasteiger partial charge in [0.2, 0.25) is 5.91 Å². The summed E-state index contributed by atoms with van der Waals surface area (Å²) in [7, 11) is 0. The van der Waals surface area contributed by atoms with Gasteiger partial charge in [-0.15, -0.1) is 0 Å². The van der Waals surface area contributed by atoms with Crippen LogP contribution in [0.5, 0.6) is 0 Å². The normalized spacial score (nSPS) is 23.5. The molecule has 2 heterocycles. The standard InChI is InChI=1S/C16H22FN3O/c17-14-4-1-3-13(11-14)12-19-7-9-20(10-8-19)16(21)15-5-2-6-18-15/h1,3-4,11,15,18H,2,5-10,12H2. The summed E-state index contributed by atoms with van der Waals surface area (Å²) in [5.74, 6) is 0.0616. The van der Waals surface area contributed by atoms with Gasteiger partial charge in [0.05, 0.1) is 6.04 Å². The number of piperazine rings is 1. The highest BCUT2D eigenvalue weighted by molar-refractivity contribution is 5.82. The Morgan fingerprint density at radius 3 is 2.76 bits per heavy atom. The average molecular weight is 291 g/mol. The maximum absolute atomic E-state index is 13.2. The zero-order chi connectivity index (χ0) is 14.7. The molecule has 2 fully saturated rings. The summed E-state index contributed by atoms with van der Waals surface area (Å²) in [6, 6.07) is 6.77. The van der Waals surface area contributed by atoms with Crippen LogP contribution >= 0.6 is 0 Å². The number of amides is 1. The van der Waals surface area contributed by atoms with Crippen LogP contribution in [-0.4, -0.2) is 54.5 Å². The maximum Gasteiger partial charge on any atom is 0.239 e. The van der Waals surface area contributed by atoms with Gasteiger partial charge in [0.25, 0.3) is 0 Å². The number of carbonyl (C=O) groups excluding carboxylic acids is 1. The van der Waals surface area contributed by atoms with Gasteiger partial charge in [-0.05, 0) is 37.1 Å². The minimum Gasteiger partial charge on any atom is -0.339 e. The van der Waals surface area contributed by atoms with Gasteiger partial charge < -0.3 is 10.2 Å². The van der Waals surface area contributed by atoms with Crippen molar-refractivity contribution in [3.63, 3.8) is 0 Å². The van der Waals surface area contributed by atoms with Gasteiger partial charge in [0.15, 0.2) is 0 Å². The lowest BCUT2D eigenvalue weighted by atomic mass is 10.1. The van der Waals surface area contributed by atoms with E-state index in [9.17, 15) is 9.18 Å². The van der Waals surface area contributed by atoms with E-state index in [2.05, 4.69) is 10.2 Å². The lowest BCUT2D eigenvalue weighted by molar-refractivity contribution is -0.134. The zero-order valence-corrected chi connectivity index (χ0v) is 12.2. The molecule has 0 aromatic heterocycles. The van der Waals surface area contributed by atoms with Crippen LogP contribution in [0.15, 0.2) is 24.3 Å². The number of nitrogens with one attached hydrogen (secondary N) is 1. The van der Waals surface area contributed by atoms with Crippen molar-refractivity contribution >= 4 is 5.91 Å². The molecular formula is C16H22FN3O. The summed E-state index contributed by atoms with van der Waals surface area (Å²) in [4.78, 5) is 16.5. The van der Waals surface area contributed by atoms with E-state index in [4.69, 9.17) is 0 Å². The number of nitrogens with zero attached hydrogens (tertiary/aromatic N) is 2. The second-order valence-electron chi connectivity index (χ2n) is 5.88. The molecule has 1 N–H and O–H groups in total. The third-order valence-corrected chi connectivity index (χ3v) is 4.34. The highest BCUT2D eigenvalue weighted by atomic mass is 19.1. The average Bonchev–Trinajstić information content (AvgIpc) is 3.01. The Morgan fingerprint density at radius 1 is 1.29 bits per heavy atom. The molecule has 1 aromatic rings. The Morgan fingerprint density at radius 2 is 2.10 bits per heavy atom. The molecule has 2 saturated heterocycles. The number of rotatable bonds is 3. The molecule has 1 amide bonds. The Kier molecular flexibility index (Phi) is 4.51. The molecule has 5 heteroatoms. The van der Waals surface area contributed by atoms with E-state index in [0.717, 1.165) is 57.7 Å². The van der Waals surface area contributed by atoms with Crippen LogP contribution in [0.1, 0.15) is 18.4 Å². The van der Waals surface area contributed by atoms with Crippen LogP contribution in [0.25, 0.3) is 0 Å². The van der Waals surface area contributed by atoms with Crippen molar-refractivity contribution in [1.29, 1.82) is 0 Å². The Hall–Kier alpha value is -1.46.